The van der Waals surface area contributed by atoms with Gasteiger partial charge in [0.25, 0.3) is 0 Å². The average molecular weight is 405 g/mol. The lowest BCUT2D eigenvalue weighted by Gasteiger charge is -2.32. The standard InChI is InChI=1S/C18H20FN5O3S/c1-27-16-3-2-14(19)10-17(16)28(25,26)23-12-13-4-8-24(9-5-13)18-15(11-20)21-6-7-22-18/h2-3,6-7,10,13,23H,4-5,8-9,12H2,1H3. The number of hydrogen-bond donors (Lipinski definition) is 1. The van der Waals surface area contributed by atoms with E-state index in [1.54, 1.807) is 6.20 Å². The molecule has 1 saturated heterocycles. The number of nitrogens with one attached hydrogen (secondary N) is 1. The third kappa shape index (κ3) is 4.37. The van der Waals surface area contributed by atoms with Gasteiger partial charge in [-0.2, -0.15) is 5.26 Å². The molecule has 1 fully saturated rings. The van der Waals surface area contributed by atoms with Crippen molar-refractivity contribution in [3.8, 4) is 11.8 Å². The van der Waals surface area contributed by atoms with Gasteiger partial charge in [0.15, 0.2) is 11.5 Å². The Hall–Kier alpha value is -2.77. The number of sulfonamides is 1. The van der Waals surface area contributed by atoms with E-state index < -0.39 is 15.8 Å². The first-order chi connectivity index (χ1) is 13.4. The molecule has 1 aromatic carbocycles. The molecule has 0 radical (unpaired) electrons. The van der Waals surface area contributed by atoms with Gasteiger partial charge in [0.2, 0.25) is 10.0 Å². The van der Waals surface area contributed by atoms with Crippen LogP contribution in [-0.2, 0) is 10.0 Å². The Bertz CT molecular complexity index is 985. The number of aromatic nitrogens is 2. The summed E-state index contributed by atoms with van der Waals surface area (Å²) in [7, 11) is -2.56. The maximum absolute atomic E-state index is 13.5. The van der Waals surface area contributed by atoms with E-state index in [4.69, 9.17) is 10.00 Å². The molecule has 2 aromatic rings. The molecule has 0 atom stereocenters. The molecular weight excluding hydrogens is 385 g/mol. The van der Waals surface area contributed by atoms with Crippen molar-refractivity contribution in [1.82, 2.24) is 14.7 Å². The maximum Gasteiger partial charge on any atom is 0.244 e. The fraction of sp³-hybridized carbons (Fsp3) is 0.389. The summed E-state index contributed by atoms with van der Waals surface area (Å²) in [5.41, 5.74) is 0.278. The van der Waals surface area contributed by atoms with Crippen LogP contribution < -0.4 is 14.4 Å². The molecule has 148 valence electrons. The van der Waals surface area contributed by atoms with E-state index in [-0.39, 0.29) is 28.8 Å². The van der Waals surface area contributed by atoms with Crippen LogP contribution in [0.15, 0.2) is 35.5 Å². The number of methoxy groups -OCH3 is 1. The molecule has 0 unspecified atom stereocenters. The number of benzene rings is 1. The smallest absolute Gasteiger partial charge is 0.244 e. The monoisotopic (exact) mass is 405 g/mol. The zero-order chi connectivity index (χ0) is 20.1. The summed E-state index contributed by atoms with van der Waals surface area (Å²) < 4.78 is 46.2. The Morgan fingerprint density at radius 1 is 1.32 bits per heavy atom. The molecule has 28 heavy (non-hydrogen) atoms. The molecule has 1 aromatic heterocycles. The molecule has 0 saturated carbocycles. The highest BCUT2D eigenvalue weighted by Crippen LogP contribution is 2.26. The first-order valence-electron chi connectivity index (χ1n) is 8.74. The first-order valence-corrected chi connectivity index (χ1v) is 10.2. The Kier molecular flexibility index (Phi) is 6.06. The number of piperidine rings is 1. The van der Waals surface area contributed by atoms with Crippen LogP contribution >= 0.6 is 0 Å². The van der Waals surface area contributed by atoms with E-state index in [0.29, 0.717) is 18.9 Å². The number of anilines is 1. The van der Waals surface area contributed by atoms with Gasteiger partial charge in [-0.1, -0.05) is 0 Å². The van der Waals surface area contributed by atoms with Crippen molar-refractivity contribution in [2.24, 2.45) is 5.92 Å². The Labute approximate surface area is 163 Å². The lowest BCUT2D eigenvalue weighted by atomic mass is 9.97. The van der Waals surface area contributed by atoms with Gasteiger partial charge in [-0.15, -0.1) is 0 Å². The summed E-state index contributed by atoms with van der Waals surface area (Å²) >= 11 is 0. The molecule has 0 spiro atoms. The van der Waals surface area contributed by atoms with Crippen molar-refractivity contribution in [2.75, 3.05) is 31.6 Å². The van der Waals surface area contributed by atoms with Crippen molar-refractivity contribution >= 4 is 15.8 Å². The highest BCUT2D eigenvalue weighted by Gasteiger charge is 2.25. The fourth-order valence-corrected chi connectivity index (χ4v) is 4.45. The second kappa shape index (κ2) is 8.50. The van der Waals surface area contributed by atoms with Gasteiger partial charge in [0, 0.05) is 32.0 Å². The Morgan fingerprint density at radius 2 is 2.04 bits per heavy atom. The number of nitrogens with zero attached hydrogens (tertiary/aromatic N) is 4. The predicted octanol–water partition coefficient (Wildman–Crippen LogP) is 1.69. The van der Waals surface area contributed by atoms with E-state index in [1.807, 2.05) is 11.0 Å². The normalized spacial score (nSPS) is 15.2. The largest absolute Gasteiger partial charge is 0.495 e. The molecule has 8 nitrogen and oxygen atoms in total. The van der Waals surface area contributed by atoms with E-state index in [0.717, 1.165) is 25.0 Å². The SMILES string of the molecule is COc1ccc(F)cc1S(=O)(=O)NCC1CCN(c2nccnc2C#N)CC1. The van der Waals surface area contributed by atoms with Crippen LogP contribution in [0.2, 0.25) is 0 Å². The van der Waals surface area contributed by atoms with Gasteiger partial charge in [0.05, 0.1) is 7.11 Å². The average Bonchev–Trinajstić information content (AvgIpc) is 2.72. The van der Waals surface area contributed by atoms with Gasteiger partial charge in [-0.25, -0.2) is 27.5 Å². The minimum absolute atomic E-state index is 0.0930. The third-order valence-electron chi connectivity index (χ3n) is 4.68. The molecule has 1 aliphatic rings. The summed E-state index contributed by atoms with van der Waals surface area (Å²) in [5.74, 6) is 0.114. The number of rotatable bonds is 6. The number of hydrogen-bond acceptors (Lipinski definition) is 7. The van der Waals surface area contributed by atoms with Crippen LogP contribution in [-0.4, -0.2) is 45.1 Å². The van der Waals surface area contributed by atoms with Crippen LogP contribution in [0.25, 0.3) is 0 Å². The molecule has 0 aliphatic carbocycles. The second-order valence-electron chi connectivity index (χ2n) is 6.42. The molecular formula is C18H20FN5O3S. The summed E-state index contributed by atoms with van der Waals surface area (Å²) in [6.07, 6.45) is 4.47. The molecule has 1 N–H and O–H groups in total. The van der Waals surface area contributed by atoms with Crippen molar-refractivity contribution in [2.45, 2.75) is 17.7 Å². The second-order valence-corrected chi connectivity index (χ2v) is 8.15. The van der Waals surface area contributed by atoms with Crippen molar-refractivity contribution in [1.29, 1.82) is 5.26 Å². The van der Waals surface area contributed by atoms with Gasteiger partial charge < -0.3 is 9.64 Å². The number of ether oxygens (including phenoxy) is 1. The van der Waals surface area contributed by atoms with Crippen molar-refractivity contribution in [3.63, 3.8) is 0 Å². The zero-order valence-corrected chi connectivity index (χ0v) is 16.1. The van der Waals surface area contributed by atoms with Crippen LogP contribution in [0.3, 0.4) is 0 Å². The summed E-state index contributed by atoms with van der Waals surface area (Å²) in [4.78, 5) is 10.0. The molecule has 2 heterocycles. The topological polar surface area (TPSA) is 108 Å². The molecule has 0 amide bonds. The molecule has 0 bridgehead atoms. The highest BCUT2D eigenvalue weighted by atomic mass is 32.2. The minimum atomic E-state index is -3.90. The predicted molar refractivity (Wildman–Crippen MR) is 99.8 cm³/mol. The minimum Gasteiger partial charge on any atom is -0.495 e. The first kappa shape index (κ1) is 20.0. The lowest BCUT2D eigenvalue weighted by molar-refractivity contribution is 0.394. The van der Waals surface area contributed by atoms with E-state index >= 15 is 0 Å². The van der Waals surface area contributed by atoms with Crippen LogP contribution in [0, 0.1) is 23.1 Å². The van der Waals surface area contributed by atoms with Crippen LogP contribution in [0.1, 0.15) is 18.5 Å². The lowest BCUT2D eigenvalue weighted by Crippen LogP contribution is -2.39. The Morgan fingerprint density at radius 3 is 2.71 bits per heavy atom. The van der Waals surface area contributed by atoms with E-state index in [9.17, 15) is 12.8 Å². The molecule has 3 rings (SSSR count). The van der Waals surface area contributed by atoms with E-state index in [2.05, 4.69) is 14.7 Å². The van der Waals surface area contributed by atoms with Gasteiger partial charge in [-0.05, 0) is 37.0 Å². The van der Waals surface area contributed by atoms with Crippen LogP contribution in [0.4, 0.5) is 10.2 Å². The zero-order valence-electron chi connectivity index (χ0n) is 15.3. The van der Waals surface area contributed by atoms with Crippen molar-refractivity contribution in [3.05, 3.63) is 42.1 Å². The summed E-state index contributed by atoms with van der Waals surface area (Å²) in [5, 5.41) is 9.15. The fourth-order valence-electron chi connectivity index (χ4n) is 3.16. The van der Waals surface area contributed by atoms with Crippen molar-refractivity contribution < 1.29 is 17.5 Å². The number of halogens is 1. The summed E-state index contributed by atoms with van der Waals surface area (Å²) in [6.45, 7) is 1.52. The van der Waals surface area contributed by atoms with Crippen LogP contribution in [0.5, 0.6) is 5.75 Å². The molecule has 1 aliphatic heterocycles. The van der Waals surface area contributed by atoms with E-state index in [1.165, 1.54) is 19.4 Å². The maximum atomic E-state index is 13.5. The number of nitriles is 1. The highest BCUT2D eigenvalue weighted by molar-refractivity contribution is 7.89. The van der Waals surface area contributed by atoms with Gasteiger partial charge in [0.1, 0.15) is 22.5 Å². The molecule has 10 heteroatoms. The van der Waals surface area contributed by atoms with Gasteiger partial charge in [-0.3, -0.25) is 0 Å². The third-order valence-corrected chi connectivity index (χ3v) is 6.12. The van der Waals surface area contributed by atoms with Gasteiger partial charge >= 0.3 is 0 Å². The Balaban J connectivity index is 1.61. The summed E-state index contributed by atoms with van der Waals surface area (Å²) in [6, 6.07) is 5.42. The quantitative estimate of drug-likeness (QED) is 0.779.